The van der Waals surface area contributed by atoms with Crippen molar-refractivity contribution in [2.75, 3.05) is 12.4 Å². The fourth-order valence-electron chi connectivity index (χ4n) is 1.93. The summed E-state index contributed by atoms with van der Waals surface area (Å²) in [6, 6.07) is 0. The zero-order chi connectivity index (χ0) is 14.2. The van der Waals surface area contributed by atoms with E-state index in [1.165, 1.54) is 58.5 Å². The van der Waals surface area contributed by atoms with Crippen molar-refractivity contribution in [3.63, 3.8) is 0 Å². The van der Waals surface area contributed by atoms with Gasteiger partial charge in [0.1, 0.15) is 0 Å². The van der Waals surface area contributed by atoms with Crippen molar-refractivity contribution in [1.82, 2.24) is 0 Å². The van der Waals surface area contributed by atoms with Crippen LogP contribution in [0.3, 0.4) is 0 Å². The minimum Gasteiger partial charge on any atom is -0.469 e. The first-order chi connectivity index (χ1) is 9.31. The van der Waals surface area contributed by atoms with Crippen LogP contribution in [0.25, 0.3) is 0 Å². The molecule has 112 valence electrons. The lowest BCUT2D eigenvalue weighted by Crippen LogP contribution is -1.98. The average Bonchev–Trinajstić information content (AvgIpc) is 2.43. The molecule has 0 spiro atoms. The summed E-state index contributed by atoms with van der Waals surface area (Å²) in [5, 5.41) is 1.13. The van der Waals surface area contributed by atoms with E-state index in [1.807, 2.05) is 0 Å². The highest BCUT2D eigenvalue weighted by Gasteiger charge is 1.98. The van der Waals surface area contributed by atoms with Gasteiger partial charge in [-0.05, 0) is 38.5 Å². The van der Waals surface area contributed by atoms with Crippen LogP contribution < -0.4 is 0 Å². The third-order valence-electron chi connectivity index (χ3n) is 3.15. The van der Waals surface area contributed by atoms with E-state index < -0.39 is 0 Å². The third kappa shape index (κ3) is 15.6. The van der Waals surface area contributed by atoms with Crippen LogP contribution in [0.4, 0.5) is 0 Å². The molecule has 19 heavy (non-hydrogen) atoms. The Hall–Kier alpha value is -0.310. The predicted octanol–water partition coefficient (Wildman–Crippen LogP) is 5.40. The molecule has 0 heterocycles. The van der Waals surface area contributed by atoms with E-state index in [2.05, 4.69) is 32.8 Å². The third-order valence-corrected chi connectivity index (χ3v) is 3.71. The van der Waals surface area contributed by atoms with Gasteiger partial charge in [0.15, 0.2) is 0 Å². The van der Waals surface area contributed by atoms with E-state index in [0.29, 0.717) is 6.42 Å². The summed E-state index contributed by atoms with van der Waals surface area (Å²) in [5.41, 5.74) is 0. The first-order valence-electron chi connectivity index (χ1n) is 7.59. The highest BCUT2D eigenvalue weighted by atomic mass is 79.9. The number of rotatable bonds is 13. The van der Waals surface area contributed by atoms with E-state index in [0.717, 1.165) is 18.2 Å². The van der Waals surface area contributed by atoms with Gasteiger partial charge < -0.3 is 4.74 Å². The summed E-state index contributed by atoms with van der Waals surface area (Å²) in [6.45, 7) is 0. The van der Waals surface area contributed by atoms with Crippen molar-refractivity contribution in [1.29, 1.82) is 0 Å². The number of allylic oxidation sites excluding steroid dienone is 2. The maximum atomic E-state index is 10.9. The van der Waals surface area contributed by atoms with Crippen LogP contribution >= 0.6 is 15.9 Å². The quantitative estimate of drug-likeness (QED) is 0.195. The zero-order valence-corrected chi connectivity index (χ0v) is 13.9. The summed E-state index contributed by atoms with van der Waals surface area (Å²) < 4.78 is 4.61. The zero-order valence-electron chi connectivity index (χ0n) is 12.3. The minimum absolute atomic E-state index is 0.0807. The summed E-state index contributed by atoms with van der Waals surface area (Å²) in [6.07, 6.45) is 17.5. The second-order valence-corrected chi connectivity index (χ2v) is 5.69. The van der Waals surface area contributed by atoms with Crippen LogP contribution in [0.2, 0.25) is 0 Å². The molecule has 0 fully saturated rings. The maximum Gasteiger partial charge on any atom is 0.305 e. The lowest BCUT2D eigenvalue weighted by molar-refractivity contribution is -0.140. The number of carbonyl (C=O) groups excluding carboxylic acids is 1. The molecule has 0 aromatic heterocycles. The standard InChI is InChI=1S/C16H29BrO2/c1-19-16(18)14-12-10-8-6-4-2-3-5-7-9-11-13-15-17/h3,5H,2,4,6-15H2,1H3/b5-3-. The summed E-state index contributed by atoms with van der Waals surface area (Å²) in [5.74, 6) is -0.0807. The number of esters is 1. The molecular weight excluding hydrogens is 304 g/mol. The molecule has 0 saturated carbocycles. The van der Waals surface area contributed by atoms with Crippen LogP contribution in [0.1, 0.15) is 70.6 Å². The van der Waals surface area contributed by atoms with Gasteiger partial charge >= 0.3 is 5.97 Å². The van der Waals surface area contributed by atoms with Crippen LogP contribution in [0.5, 0.6) is 0 Å². The monoisotopic (exact) mass is 332 g/mol. The van der Waals surface area contributed by atoms with Crippen molar-refractivity contribution in [3.05, 3.63) is 12.2 Å². The molecule has 0 atom stereocenters. The number of unbranched alkanes of at least 4 members (excludes halogenated alkanes) is 8. The van der Waals surface area contributed by atoms with Gasteiger partial charge in [0.25, 0.3) is 0 Å². The number of ether oxygens (including phenoxy) is 1. The Kier molecular flexibility index (Phi) is 15.5. The van der Waals surface area contributed by atoms with Gasteiger partial charge in [-0.3, -0.25) is 4.79 Å². The van der Waals surface area contributed by atoms with Gasteiger partial charge in [0, 0.05) is 11.8 Å². The fourth-order valence-corrected chi connectivity index (χ4v) is 2.33. The van der Waals surface area contributed by atoms with E-state index in [9.17, 15) is 4.79 Å². The number of hydrogen-bond acceptors (Lipinski definition) is 2. The molecule has 0 amide bonds. The highest BCUT2D eigenvalue weighted by molar-refractivity contribution is 9.09. The molecule has 0 radical (unpaired) electrons. The minimum atomic E-state index is -0.0807. The average molecular weight is 333 g/mol. The molecule has 0 unspecified atom stereocenters. The molecule has 0 aromatic carbocycles. The first kappa shape index (κ1) is 18.7. The Labute approximate surface area is 127 Å². The molecule has 0 aliphatic carbocycles. The normalized spacial score (nSPS) is 11.1. The Balaban J connectivity index is 3.09. The number of methoxy groups -OCH3 is 1. The molecule has 0 saturated heterocycles. The predicted molar refractivity (Wildman–Crippen MR) is 85.7 cm³/mol. The Bertz CT molecular complexity index is 227. The number of hydrogen-bond donors (Lipinski definition) is 0. The number of carbonyl (C=O) groups is 1. The van der Waals surface area contributed by atoms with E-state index in [-0.39, 0.29) is 5.97 Å². The Morgan fingerprint density at radius 3 is 2.00 bits per heavy atom. The molecule has 0 bridgehead atoms. The van der Waals surface area contributed by atoms with Crippen molar-refractivity contribution < 1.29 is 9.53 Å². The van der Waals surface area contributed by atoms with Crippen LogP contribution in [-0.4, -0.2) is 18.4 Å². The molecule has 0 N–H and O–H groups in total. The van der Waals surface area contributed by atoms with Gasteiger partial charge in [-0.1, -0.05) is 53.8 Å². The van der Waals surface area contributed by atoms with Crippen LogP contribution in [0, 0.1) is 0 Å². The number of alkyl halides is 1. The van der Waals surface area contributed by atoms with E-state index >= 15 is 0 Å². The lowest BCUT2D eigenvalue weighted by atomic mass is 10.1. The maximum absolute atomic E-state index is 10.9. The van der Waals surface area contributed by atoms with Crippen molar-refractivity contribution in [3.8, 4) is 0 Å². The largest absolute Gasteiger partial charge is 0.469 e. The van der Waals surface area contributed by atoms with E-state index in [4.69, 9.17) is 0 Å². The SMILES string of the molecule is COC(=O)CCCCCCC/C=C\CCCCCBr. The number of halogens is 1. The summed E-state index contributed by atoms with van der Waals surface area (Å²) in [4.78, 5) is 10.9. The first-order valence-corrected chi connectivity index (χ1v) is 8.71. The molecule has 0 aliphatic rings. The molecule has 0 aromatic rings. The van der Waals surface area contributed by atoms with Gasteiger partial charge in [-0.15, -0.1) is 0 Å². The van der Waals surface area contributed by atoms with Crippen molar-refractivity contribution >= 4 is 21.9 Å². The van der Waals surface area contributed by atoms with Crippen molar-refractivity contribution in [2.24, 2.45) is 0 Å². The second kappa shape index (κ2) is 15.7. The lowest BCUT2D eigenvalue weighted by Gasteiger charge is -2.00. The smallest absolute Gasteiger partial charge is 0.305 e. The second-order valence-electron chi connectivity index (χ2n) is 4.89. The van der Waals surface area contributed by atoms with Gasteiger partial charge in [-0.2, -0.15) is 0 Å². The molecule has 3 heteroatoms. The van der Waals surface area contributed by atoms with Gasteiger partial charge in [0.2, 0.25) is 0 Å². The van der Waals surface area contributed by atoms with Gasteiger partial charge in [-0.25, -0.2) is 0 Å². The topological polar surface area (TPSA) is 26.3 Å². The Morgan fingerprint density at radius 1 is 0.895 bits per heavy atom. The van der Waals surface area contributed by atoms with Crippen LogP contribution in [-0.2, 0) is 9.53 Å². The molecule has 0 aliphatic heterocycles. The van der Waals surface area contributed by atoms with Crippen LogP contribution in [0.15, 0.2) is 12.2 Å². The van der Waals surface area contributed by atoms with Gasteiger partial charge in [0.05, 0.1) is 7.11 Å². The highest BCUT2D eigenvalue weighted by Crippen LogP contribution is 2.09. The summed E-state index contributed by atoms with van der Waals surface area (Å²) >= 11 is 3.45. The molecule has 2 nitrogen and oxygen atoms in total. The fraction of sp³-hybridized carbons (Fsp3) is 0.812. The van der Waals surface area contributed by atoms with Crippen molar-refractivity contribution in [2.45, 2.75) is 70.6 Å². The van der Waals surface area contributed by atoms with E-state index in [1.54, 1.807) is 0 Å². The molecule has 0 rings (SSSR count). The summed E-state index contributed by atoms with van der Waals surface area (Å²) in [7, 11) is 1.45. The molecular formula is C16H29BrO2. The Morgan fingerprint density at radius 2 is 1.42 bits per heavy atom.